The minimum Gasteiger partial charge on any atom is -0.295 e. The molecule has 0 aromatic heterocycles. The van der Waals surface area contributed by atoms with Crippen molar-refractivity contribution in [1.29, 1.82) is 0 Å². The predicted molar refractivity (Wildman–Crippen MR) is 89.3 cm³/mol. The normalized spacial score (nSPS) is 47.2. The SMILES string of the molecule is C=C=C1CCC2C3C[C@H](C)C4=CC(=O)CC[C@@H]4C3CC[C@]12C. The maximum atomic E-state index is 11.8. The van der Waals surface area contributed by atoms with Crippen molar-refractivity contribution in [2.24, 2.45) is 35.0 Å². The second-order valence-corrected chi connectivity index (χ2v) is 8.48. The number of fused-ring (bicyclic) bond motifs is 5. The van der Waals surface area contributed by atoms with Crippen LogP contribution in [0.5, 0.6) is 0 Å². The zero-order valence-electron chi connectivity index (χ0n) is 14.0. The van der Waals surface area contributed by atoms with Gasteiger partial charge in [-0.15, -0.1) is 5.73 Å². The largest absolute Gasteiger partial charge is 0.295 e. The summed E-state index contributed by atoms with van der Waals surface area (Å²) >= 11 is 0. The first kappa shape index (κ1) is 14.5. The Hall–Kier alpha value is -1.07. The molecular weight excluding hydrogens is 268 g/mol. The molecular formula is C21H28O. The fraction of sp³-hybridized carbons (Fsp3) is 0.714. The van der Waals surface area contributed by atoms with Gasteiger partial charge in [0.15, 0.2) is 5.78 Å². The van der Waals surface area contributed by atoms with Gasteiger partial charge < -0.3 is 0 Å². The average Bonchev–Trinajstić information content (AvgIpc) is 2.84. The van der Waals surface area contributed by atoms with Crippen molar-refractivity contribution in [1.82, 2.24) is 0 Å². The Morgan fingerprint density at radius 2 is 2.05 bits per heavy atom. The van der Waals surface area contributed by atoms with E-state index < -0.39 is 0 Å². The van der Waals surface area contributed by atoms with Crippen LogP contribution in [0.15, 0.2) is 29.5 Å². The lowest BCUT2D eigenvalue weighted by atomic mass is 9.50. The minimum absolute atomic E-state index is 0.369. The van der Waals surface area contributed by atoms with Gasteiger partial charge >= 0.3 is 0 Å². The van der Waals surface area contributed by atoms with Crippen LogP contribution in [0.1, 0.15) is 58.8 Å². The Morgan fingerprint density at radius 1 is 1.23 bits per heavy atom. The molecule has 0 heterocycles. The van der Waals surface area contributed by atoms with Crippen LogP contribution >= 0.6 is 0 Å². The molecule has 3 fully saturated rings. The van der Waals surface area contributed by atoms with Crippen molar-refractivity contribution in [3.8, 4) is 0 Å². The minimum atomic E-state index is 0.369. The van der Waals surface area contributed by atoms with E-state index in [0.717, 1.165) is 30.6 Å². The molecule has 0 aromatic carbocycles. The zero-order chi connectivity index (χ0) is 15.5. The fourth-order valence-electron chi connectivity index (χ4n) is 6.60. The summed E-state index contributed by atoms with van der Waals surface area (Å²) in [6.07, 6.45) is 10.4. The Kier molecular flexibility index (Phi) is 3.28. The molecule has 0 saturated heterocycles. The molecule has 22 heavy (non-hydrogen) atoms. The Morgan fingerprint density at radius 3 is 2.82 bits per heavy atom. The van der Waals surface area contributed by atoms with Gasteiger partial charge in [0.1, 0.15) is 0 Å². The lowest BCUT2D eigenvalue weighted by molar-refractivity contribution is -0.116. The molecule has 0 bridgehead atoms. The predicted octanol–water partition coefficient (Wildman–Crippen LogP) is 5.09. The highest BCUT2D eigenvalue weighted by atomic mass is 16.1. The third-order valence-electron chi connectivity index (χ3n) is 7.66. The van der Waals surface area contributed by atoms with E-state index in [1.54, 1.807) is 0 Å². The van der Waals surface area contributed by atoms with Gasteiger partial charge in [-0.1, -0.05) is 26.0 Å². The maximum Gasteiger partial charge on any atom is 0.155 e. The van der Waals surface area contributed by atoms with Crippen molar-refractivity contribution in [2.75, 3.05) is 0 Å². The number of carbonyl (C=O) groups excluding carboxylic acids is 1. The van der Waals surface area contributed by atoms with E-state index in [2.05, 4.69) is 26.2 Å². The van der Waals surface area contributed by atoms with E-state index in [9.17, 15) is 4.79 Å². The van der Waals surface area contributed by atoms with Crippen LogP contribution in [-0.2, 0) is 4.79 Å². The standard InChI is InChI=1S/C21H28O/c1-4-14-5-8-20-19-11-13(2)18-12-15(22)6-7-16(18)17(19)9-10-21(14,20)3/h12-13,16-17,19-20H,1,5-11H2,2-3H3/t13-,16+,17?,19?,20?,21+/m0/s1. The lowest BCUT2D eigenvalue weighted by Crippen LogP contribution is -2.46. The van der Waals surface area contributed by atoms with Crippen molar-refractivity contribution in [2.45, 2.75) is 58.8 Å². The van der Waals surface area contributed by atoms with Gasteiger partial charge in [-0.05, 0) is 85.2 Å². The smallest absolute Gasteiger partial charge is 0.155 e. The summed E-state index contributed by atoms with van der Waals surface area (Å²) in [6.45, 7) is 8.80. The summed E-state index contributed by atoms with van der Waals surface area (Å²) in [6, 6.07) is 0. The molecule has 0 amide bonds. The first-order chi connectivity index (χ1) is 10.5. The molecule has 0 radical (unpaired) electrons. The maximum absolute atomic E-state index is 11.8. The second-order valence-electron chi connectivity index (χ2n) is 8.48. The highest BCUT2D eigenvalue weighted by molar-refractivity contribution is 5.91. The lowest BCUT2D eigenvalue weighted by Gasteiger charge is -2.54. The van der Waals surface area contributed by atoms with Crippen LogP contribution in [0.2, 0.25) is 0 Å². The van der Waals surface area contributed by atoms with Gasteiger partial charge in [-0.3, -0.25) is 4.79 Å². The fourth-order valence-corrected chi connectivity index (χ4v) is 6.60. The highest BCUT2D eigenvalue weighted by Crippen LogP contribution is 2.63. The van der Waals surface area contributed by atoms with Crippen molar-refractivity contribution < 1.29 is 4.79 Å². The van der Waals surface area contributed by atoms with Crippen molar-refractivity contribution >= 4 is 5.78 Å². The third-order valence-corrected chi connectivity index (χ3v) is 7.66. The first-order valence-electron chi connectivity index (χ1n) is 9.18. The van der Waals surface area contributed by atoms with E-state index in [1.165, 1.54) is 43.3 Å². The molecule has 0 aliphatic heterocycles. The zero-order valence-corrected chi connectivity index (χ0v) is 14.0. The van der Waals surface area contributed by atoms with Crippen LogP contribution in [0.4, 0.5) is 0 Å². The molecule has 3 saturated carbocycles. The number of allylic oxidation sites excluding steroid dienone is 2. The molecule has 1 nitrogen and oxygen atoms in total. The third kappa shape index (κ3) is 1.88. The molecule has 3 unspecified atom stereocenters. The molecule has 0 N–H and O–H groups in total. The Balaban J connectivity index is 1.69. The number of hydrogen-bond donors (Lipinski definition) is 0. The van der Waals surface area contributed by atoms with Crippen LogP contribution in [0.25, 0.3) is 0 Å². The number of rotatable bonds is 0. The van der Waals surface area contributed by atoms with Gasteiger partial charge in [0.2, 0.25) is 0 Å². The van der Waals surface area contributed by atoms with E-state index in [1.807, 2.05) is 6.08 Å². The molecule has 4 aliphatic carbocycles. The summed E-state index contributed by atoms with van der Waals surface area (Å²) in [5.74, 6) is 4.20. The van der Waals surface area contributed by atoms with E-state index in [-0.39, 0.29) is 0 Å². The molecule has 0 spiro atoms. The Labute approximate surface area is 134 Å². The quantitative estimate of drug-likeness (QED) is 0.569. The summed E-state index contributed by atoms with van der Waals surface area (Å²) in [5.41, 5.74) is 6.65. The van der Waals surface area contributed by atoms with Crippen LogP contribution in [-0.4, -0.2) is 5.78 Å². The van der Waals surface area contributed by atoms with Crippen LogP contribution < -0.4 is 0 Å². The second kappa shape index (κ2) is 4.96. The molecule has 1 heteroatoms. The van der Waals surface area contributed by atoms with E-state index in [4.69, 9.17) is 0 Å². The summed E-state index contributed by atoms with van der Waals surface area (Å²) in [7, 11) is 0. The first-order valence-corrected chi connectivity index (χ1v) is 9.18. The number of carbonyl (C=O) groups is 1. The summed E-state index contributed by atoms with van der Waals surface area (Å²) < 4.78 is 0. The van der Waals surface area contributed by atoms with Crippen LogP contribution in [0.3, 0.4) is 0 Å². The topological polar surface area (TPSA) is 17.1 Å². The number of ketones is 1. The van der Waals surface area contributed by atoms with Gasteiger partial charge in [-0.25, -0.2) is 0 Å². The summed E-state index contributed by atoms with van der Waals surface area (Å²) in [5, 5.41) is 0. The van der Waals surface area contributed by atoms with Crippen molar-refractivity contribution in [3.63, 3.8) is 0 Å². The Bertz CT molecular complexity index is 591. The molecule has 4 rings (SSSR count). The molecule has 118 valence electrons. The van der Waals surface area contributed by atoms with Crippen LogP contribution in [0, 0.1) is 35.0 Å². The van der Waals surface area contributed by atoms with Gasteiger partial charge in [0.05, 0.1) is 0 Å². The van der Waals surface area contributed by atoms with Crippen molar-refractivity contribution in [3.05, 3.63) is 29.5 Å². The average molecular weight is 296 g/mol. The van der Waals surface area contributed by atoms with Gasteiger partial charge in [-0.2, -0.15) is 0 Å². The van der Waals surface area contributed by atoms with Gasteiger partial charge in [0, 0.05) is 6.42 Å². The van der Waals surface area contributed by atoms with Gasteiger partial charge in [0.25, 0.3) is 0 Å². The van der Waals surface area contributed by atoms with E-state index >= 15 is 0 Å². The highest BCUT2D eigenvalue weighted by Gasteiger charge is 2.55. The summed E-state index contributed by atoms with van der Waals surface area (Å²) in [4.78, 5) is 11.8. The molecule has 0 aromatic rings. The monoisotopic (exact) mass is 296 g/mol. The number of hydrogen-bond acceptors (Lipinski definition) is 1. The van der Waals surface area contributed by atoms with E-state index in [0.29, 0.717) is 23.0 Å². The molecule has 6 atom stereocenters. The molecule has 4 aliphatic rings.